The number of rotatable bonds is 1. The number of carbonyl (C=O) groups is 2. The number of hydrogen-bond donors (Lipinski definition) is 0. The standard InChI is InChI=1S/C20H19N3O4/c1-19(2)10-20(8-14(9-21)17(19)24)11-23(5-6-27-20)18(25)13-3-4-15-16(7-13)26-12-22-15/h3-4,7-8,12H,5-6,10-11H2,1-2H3. The Bertz CT molecular complexity index is 1010. The van der Waals surface area contributed by atoms with E-state index in [1.807, 2.05) is 19.9 Å². The molecule has 1 atom stereocenters. The Morgan fingerprint density at radius 1 is 1.37 bits per heavy atom. The zero-order chi connectivity index (χ0) is 19.2. The lowest BCUT2D eigenvalue weighted by Gasteiger charge is -2.46. The Balaban J connectivity index is 1.64. The van der Waals surface area contributed by atoms with E-state index in [2.05, 4.69) is 4.98 Å². The Morgan fingerprint density at radius 3 is 2.96 bits per heavy atom. The molecule has 2 aromatic rings. The molecule has 0 saturated carbocycles. The van der Waals surface area contributed by atoms with Crippen LogP contribution in [-0.4, -0.2) is 46.9 Å². The molecule has 1 aliphatic carbocycles. The molecule has 1 fully saturated rings. The molecule has 138 valence electrons. The van der Waals surface area contributed by atoms with Crippen molar-refractivity contribution in [1.29, 1.82) is 5.26 Å². The van der Waals surface area contributed by atoms with Crippen LogP contribution >= 0.6 is 0 Å². The van der Waals surface area contributed by atoms with Crippen molar-refractivity contribution >= 4 is 22.8 Å². The predicted octanol–water partition coefficient (Wildman–Crippen LogP) is 2.49. The van der Waals surface area contributed by atoms with E-state index in [4.69, 9.17) is 9.15 Å². The lowest BCUT2D eigenvalue weighted by molar-refractivity contribution is -0.134. The molecule has 1 saturated heterocycles. The summed E-state index contributed by atoms with van der Waals surface area (Å²) in [7, 11) is 0. The fourth-order valence-electron chi connectivity index (χ4n) is 4.00. The van der Waals surface area contributed by atoms with Crippen LogP contribution in [0.1, 0.15) is 30.6 Å². The lowest BCUT2D eigenvalue weighted by Crippen LogP contribution is -2.57. The highest BCUT2D eigenvalue weighted by Crippen LogP contribution is 2.41. The molecular formula is C20H19N3O4. The van der Waals surface area contributed by atoms with Crippen molar-refractivity contribution in [3.8, 4) is 6.07 Å². The maximum atomic E-state index is 13.0. The molecule has 2 aliphatic rings. The first-order valence-corrected chi connectivity index (χ1v) is 8.78. The molecule has 7 heteroatoms. The first-order valence-electron chi connectivity index (χ1n) is 8.78. The van der Waals surface area contributed by atoms with Gasteiger partial charge in [-0.3, -0.25) is 9.59 Å². The van der Waals surface area contributed by atoms with Gasteiger partial charge in [-0.25, -0.2) is 4.98 Å². The highest BCUT2D eigenvalue weighted by molar-refractivity contribution is 6.04. The number of benzene rings is 1. The van der Waals surface area contributed by atoms with Gasteiger partial charge in [0.2, 0.25) is 0 Å². The van der Waals surface area contributed by atoms with Crippen LogP contribution in [0.2, 0.25) is 0 Å². The quantitative estimate of drug-likeness (QED) is 0.770. The zero-order valence-corrected chi connectivity index (χ0v) is 15.2. The number of oxazole rings is 1. The topological polar surface area (TPSA) is 96.4 Å². The maximum Gasteiger partial charge on any atom is 0.254 e. The summed E-state index contributed by atoms with van der Waals surface area (Å²) in [5.74, 6) is -0.323. The molecule has 1 aromatic heterocycles. The van der Waals surface area contributed by atoms with Crippen molar-refractivity contribution in [3.63, 3.8) is 0 Å². The van der Waals surface area contributed by atoms with Gasteiger partial charge in [-0.2, -0.15) is 5.26 Å². The van der Waals surface area contributed by atoms with E-state index in [9.17, 15) is 14.9 Å². The van der Waals surface area contributed by atoms with Crippen molar-refractivity contribution in [2.45, 2.75) is 25.9 Å². The van der Waals surface area contributed by atoms with Gasteiger partial charge in [0, 0.05) is 17.5 Å². The molecule has 7 nitrogen and oxygen atoms in total. The number of fused-ring (bicyclic) bond motifs is 1. The highest BCUT2D eigenvalue weighted by atomic mass is 16.5. The van der Waals surface area contributed by atoms with Crippen molar-refractivity contribution < 1.29 is 18.7 Å². The number of nitriles is 1. The van der Waals surface area contributed by atoms with E-state index in [0.29, 0.717) is 42.8 Å². The summed E-state index contributed by atoms with van der Waals surface area (Å²) in [4.78, 5) is 31.2. The van der Waals surface area contributed by atoms with E-state index in [1.165, 1.54) is 6.39 Å². The third kappa shape index (κ3) is 2.92. The third-order valence-electron chi connectivity index (χ3n) is 5.20. The Morgan fingerprint density at radius 2 is 2.19 bits per heavy atom. The Hall–Kier alpha value is -2.98. The number of carbonyl (C=O) groups excluding carboxylic acids is 2. The van der Waals surface area contributed by atoms with Gasteiger partial charge in [0.1, 0.15) is 17.2 Å². The molecule has 1 unspecified atom stereocenters. The van der Waals surface area contributed by atoms with Crippen LogP contribution in [0.25, 0.3) is 11.1 Å². The Kier molecular flexibility index (Phi) is 3.89. The number of Topliss-reactive ketones (excluding diaryl/α,β-unsaturated/α-hetero) is 1. The fourth-order valence-corrected chi connectivity index (χ4v) is 4.00. The smallest absolute Gasteiger partial charge is 0.254 e. The van der Waals surface area contributed by atoms with E-state index < -0.39 is 11.0 Å². The summed E-state index contributed by atoms with van der Waals surface area (Å²) < 4.78 is 11.3. The van der Waals surface area contributed by atoms with Gasteiger partial charge in [0.25, 0.3) is 5.91 Å². The molecule has 27 heavy (non-hydrogen) atoms. The summed E-state index contributed by atoms with van der Waals surface area (Å²) in [5.41, 5.74) is 0.312. The number of ketones is 1. The molecule has 0 N–H and O–H groups in total. The molecular weight excluding hydrogens is 346 g/mol. The first kappa shape index (κ1) is 17.4. The minimum atomic E-state index is -0.827. The van der Waals surface area contributed by atoms with E-state index in [0.717, 1.165) is 0 Å². The highest BCUT2D eigenvalue weighted by Gasteiger charge is 2.48. The van der Waals surface area contributed by atoms with Gasteiger partial charge in [-0.15, -0.1) is 0 Å². The number of allylic oxidation sites excluding steroid dienone is 1. The van der Waals surface area contributed by atoms with Crippen molar-refractivity contribution in [1.82, 2.24) is 9.88 Å². The number of hydrogen-bond acceptors (Lipinski definition) is 6. The van der Waals surface area contributed by atoms with Crippen LogP contribution in [0.5, 0.6) is 0 Å². The van der Waals surface area contributed by atoms with Gasteiger partial charge in [-0.1, -0.05) is 13.8 Å². The van der Waals surface area contributed by atoms with Crippen LogP contribution in [0.15, 0.2) is 40.7 Å². The zero-order valence-electron chi connectivity index (χ0n) is 15.2. The number of ether oxygens (including phenoxy) is 1. The van der Waals surface area contributed by atoms with Crippen LogP contribution in [-0.2, 0) is 9.53 Å². The van der Waals surface area contributed by atoms with Crippen molar-refractivity contribution in [2.24, 2.45) is 5.41 Å². The van der Waals surface area contributed by atoms with Gasteiger partial charge < -0.3 is 14.1 Å². The monoisotopic (exact) mass is 365 g/mol. The molecule has 1 amide bonds. The van der Waals surface area contributed by atoms with Crippen LogP contribution in [0.4, 0.5) is 0 Å². The fraction of sp³-hybridized carbons (Fsp3) is 0.400. The van der Waals surface area contributed by atoms with Crippen LogP contribution in [0, 0.1) is 16.7 Å². The van der Waals surface area contributed by atoms with Crippen molar-refractivity contribution in [3.05, 3.63) is 41.8 Å². The number of aromatic nitrogens is 1. The van der Waals surface area contributed by atoms with E-state index in [1.54, 1.807) is 29.2 Å². The second-order valence-electron chi connectivity index (χ2n) is 7.73. The van der Waals surface area contributed by atoms with E-state index >= 15 is 0 Å². The predicted molar refractivity (Wildman–Crippen MR) is 95.7 cm³/mol. The van der Waals surface area contributed by atoms with Gasteiger partial charge in [0.15, 0.2) is 17.8 Å². The number of morpholine rings is 1. The average Bonchev–Trinajstić information content (AvgIpc) is 3.11. The van der Waals surface area contributed by atoms with Gasteiger partial charge >= 0.3 is 0 Å². The minimum Gasteiger partial charge on any atom is -0.443 e. The van der Waals surface area contributed by atoms with Gasteiger partial charge in [0.05, 0.1) is 18.7 Å². The summed E-state index contributed by atoms with van der Waals surface area (Å²) in [5, 5.41) is 9.35. The molecule has 2 heterocycles. The normalized spacial score (nSPS) is 24.7. The molecule has 0 radical (unpaired) electrons. The summed E-state index contributed by atoms with van der Waals surface area (Å²) >= 11 is 0. The molecule has 1 aromatic carbocycles. The number of nitrogens with zero attached hydrogens (tertiary/aromatic N) is 3. The second kappa shape index (κ2) is 6.03. The molecule has 1 aliphatic heterocycles. The Labute approximate surface area is 156 Å². The largest absolute Gasteiger partial charge is 0.443 e. The summed E-state index contributed by atoms with van der Waals surface area (Å²) in [6, 6.07) is 7.13. The molecule has 1 spiro atoms. The lowest BCUT2D eigenvalue weighted by atomic mass is 9.69. The third-order valence-corrected chi connectivity index (χ3v) is 5.20. The maximum absolute atomic E-state index is 13.0. The van der Waals surface area contributed by atoms with Gasteiger partial charge in [-0.05, 0) is 30.7 Å². The summed E-state index contributed by atoms with van der Waals surface area (Å²) in [6.45, 7) is 4.70. The van der Waals surface area contributed by atoms with Crippen molar-refractivity contribution in [2.75, 3.05) is 19.7 Å². The minimum absolute atomic E-state index is 0.101. The first-order chi connectivity index (χ1) is 12.8. The molecule has 4 rings (SSSR count). The number of amides is 1. The average molecular weight is 365 g/mol. The second-order valence-corrected chi connectivity index (χ2v) is 7.73. The SMILES string of the molecule is CC1(C)CC2(C=C(C#N)C1=O)CN(C(=O)c1ccc3ncoc3c1)CCO2. The van der Waals surface area contributed by atoms with E-state index in [-0.39, 0.29) is 17.3 Å². The van der Waals surface area contributed by atoms with Crippen LogP contribution < -0.4 is 0 Å². The molecule has 0 bridgehead atoms. The van der Waals surface area contributed by atoms with Crippen LogP contribution in [0.3, 0.4) is 0 Å². The summed E-state index contributed by atoms with van der Waals surface area (Å²) in [6.07, 6.45) is 3.37.